The van der Waals surface area contributed by atoms with E-state index in [9.17, 15) is 14.4 Å². The molecule has 2 atom stereocenters. The van der Waals surface area contributed by atoms with Crippen LogP contribution in [0.4, 0.5) is 0 Å². The summed E-state index contributed by atoms with van der Waals surface area (Å²) in [5.74, 6) is -1.15. The number of nitrogens with one attached hydrogen (secondary N) is 1. The monoisotopic (exact) mass is 366 g/mol. The number of primary amides is 1. The van der Waals surface area contributed by atoms with Gasteiger partial charge in [0, 0.05) is 12.3 Å². The molecule has 0 radical (unpaired) electrons. The number of rotatable bonds is 9. The average Bonchev–Trinajstić information content (AvgIpc) is 2.65. The number of amides is 2. The third-order valence-electron chi connectivity index (χ3n) is 4.54. The highest BCUT2D eigenvalue weighted by Crippen LogP contribution is 2.20. The summed E-state index contributed by atoms with van der Waals surface area (Å²) in [5.41, 5.74) is 8.45. The first-order valence-corrected chi connectivity index (χ1v) is 9.10. The maximum absolute atomic E-state index is 12.4. The SMILES string of the molecule is CC(=O)[C@H](CCC(N)=O)NC(=O)[C@@H](C)Cc1ccc(-c2ccccc2)cc1. The van der Waals surface area contributed by atoms with Gasteiger partial charge in [-0.1, -0.05) is 61.5 Å². The Morgan fingerprint density at radius 3 is 2.11 bits per heavy atom. The molecule has 0 saturated heterocycles. The van der Waals surface area contributed by atoms with Gasteiger partial charge in [0.25, 0.3) is 0 Å². The van der Waals surface area contributed by atoms with Crippen LogP contribution >= 0.6 is 0 Å². The highest BCUT2D eigenvalue weighted by molar-refractivity contribution is 5.88. The van der Waals surface area contributed by atoms with Gasteiger partial charge in [0.1, 0.15) is 0 Å². The van der Waals surface area contributed by atoms with Crippen LogP contribution in [0.3, 0.4) is 0 Å². The molecular formula is C22H26N2O3. The maximum atomic E-state index is 12.4. The molecule has 0 saturated carbocycles. The smallest absolute Gasteiger partial charge is 0.223 e. The molecule has 0 aliphatic heterocycles. The van der Waals surface area contributed by atoms with Gasteiger partial charge in [-0.2, -0.15) is 0 Å². The number of nitrogens with two attached hydrogens (primary N) is 1. The molecule has 5 heteroatoms. The fraction of sp³-hybridized carbons (Fsp3) is 0.318. The van der Waals surface area contributed by atoms with Crippen LogP contribution in [0.15, 0.2) is 54.6 Å². The Morgan fingerprint density at radius 1 is 0.963 bits per heavy atom. The number of hydrogen-bond donors (Lipinski definition) is 2. The Morgan fingerprint density at radius 2 is 1.56 bits per heavy atom. The van der Waals surface area contributed by atoms with E-state index in [1.807, 2.05) is 49.4 Å². The Balaban J connectivity index is 1.95. The fourth-order valence-electron chi connectivity index (χ4n) is 2.89. The Hall–Kier alpha value is -2.95. The summed E-state index contributed by atoms with van der Waals surface area (Å²) in [7, 11) is 0. The number of hydrogen-bond acceptors (Lipinski definition) is 3. The summed E-state index contributed by atoms with van der Waals surface area (Å²) >= 11 is 0. The first-order valence-electron chi connectivity index (χ1n) is 9.10. The lowest BCUT2D eigenvalue weighted by molar-refractivity contribution is -0.129. The van der Waals surface area contributed by atoms with Crippen molar-refractivity contribution in [3.8, 4) is 11.1 Å². The third-order valence-corrected chi connectivity index (χ3v) is 4.54. The summed E-state index contributed by atoms with van der Waals surface area (Å²) in [6, 6.07) is 17.5. The summed E-state index contributed by atoms with van der Waals surface area (Å²) in [6.07, 6.45) is 0.871. The number of benzene rings is 2. The Bertz CT molecular complexity index is 785. The number of carbonyl (C=O) groups excluding carboxylic acids is 3. The van der Waals surface area contributed by atoms with Crippen molar-refractivity contribution in [1.82, 2.24) is 5.32 Å². The van der Waals surface area contributed by atoms with Crippen LogP contribution in [-0.4, -0.2) is 23.6 Å². The molecule has 2 aromatic carbocycles. The summed E-state index contributed by atoms with van der Waals surface area (Å²) in [5, 5.41) is 2.73. The van der Waals surface area contributed by atoms with E-state index in [2.05, 4.69) is 17.4 Å². The van der Waals surface area contributed by atoms with Crippen LogP contribution in [0.25, 0.3) is 11.1 Å². The zero-order valence-corrected chi connectivity index (χ0v) is 15.8. The van der Waals surface area contributed by atoms with Gasteiger partial charge in [0.2, 0.25) is 11.8 Å². The van der Waals surface area contributed by atoms with E-state index in [1.165, 1.54) is 6.92 Å². The van der Waals surface area contributed by atoms with Crippen LogP contribution in [0, 0.1) is 5.92 Å². The highest BCUT2D eigenvalue weighted by Gasteiger charge is 2.21. The quantitative estimate of drug-likeness (QED) is 0.715. The van der Waals surface area contributed by atoms with Crippen LogP contribution in [-0.2, 0) is 20.8 Å². The van der Waals surface area contributed by atoms with E-state index in [0.29, 0.717) is 6.42 Å². The topological polar surface area (TPSA) is 89.3 Å². The number of Topliss-reactive ketones (excluding diaryl/α,β-unsaturated/α-hetero) is 1. The van der Waals surface area contributed by atoms with Crippen molar-refractivity contribution >= 4 is 17.6 Å². The van der Waals surface area contributed by atoms with Crippen molar-refractivity contribution < 1.29 is 14.4 Å². The average molecular weight is 366 g/mol. The first-order chi connectivity index (χ1) is 12.9. The van der Waals surface area contributed by atoms with Crippen LogP contribution in [0.2, 0.25) is 0 Å². The molecular weight excluding hydrogens is 340 g/mol. The van der Waals surface area contributed by atoms with Gasteiger partial charge in [-0.05, 0) is 36.5 Å². The molecule has 0 aliphatic rings. The molecule has 0 bridgehead atoms. The first kappa shape index (κ1) is 20.4. The fourth-order valence-corrected chi connectivity index (χ4v) is 2.89. The van der Waals surface area contributed by atoms with Crippen molar-refractivity contribution in [2.45, 2.75) is 39.2 Å². The molecule has 2 rings (SSSR count). The molecule has 0 aliphatic carbocycles. The number of carbonyl (C=O) groups is 3. The molecule has 2 amide bonds. The lowest BCUT2D eigenvalue weighted by Gasteiger charge is -2.18. The van der Waals surface area contributed by atoms with Gasteiger partial charge in [-0.25, -0.2) is 0 Å². The lowest BCUT2D eigenvalue weighted by atomic mass is 9.97. The molecule has 5 nitrogen and oxygen atoms in total. The molecule has 27 heavy (non-hydrogen) atoms. The van der Waals surface area contributed by atoms with Crippen molar-refractivity contribution in [3.63, 3.8) is 0 Å². The normalized spacial score (nSPS) is 12.8. The molecule has 0 spiro atoms. The molecule has 0 unspecified atom stereocenters. The van der Waals surface area contributed by atoms with E-state index in [-0.39, 0.29) is 30.4 Å². The van der Waals surface area contributed by atoms with E-state index in [4.69, 9.17) is 5.73 Å². The zero-order valence-electron chi connectivity index (χ0n) is 15.8. The lowest BCUT2D eigenvalue weighted by Crippen LogP contribution is -2.43. The van der Waals surface area contributed by atoms with E-state index < -0.39 is 11.9 Å². The van der Waals surface area contributed by atoms with Crippen molar-refractivity contribution in [2.24, 2.45) is 11.7 Å². The van der Waals surface area contributed by atoms with Crippen molar-refractivity contribution in [1.29, 1.82) is 0 Å². The maximum Gasteiger partial charge on any atom is 0.223 e. The summed E-state index contributed by atoms with van der Waals surface area (Å²) in [4.78, 5) is 35.0. The summed E-state index contributed by atoms with van der Waals surface area (Å²) in [6.45, 7) is 3.23. The molecule has 0 fully saturated rings. The molecule has 0 aromatic heterocycles. The van der Waals surface area contributed by atoms with Gasteiger partial charge < -0.3 is 11.1 Å². The van der Waals surface area contributed by atoms with Crippen molar-refractivity contribution in [3.05, 3.63) is 60.2 Å². The van der Waals surface area contributed by atoms with Gasteiger partial charge in [-0.3, -0.25) is 14.4 Å². The van der Waals surface area contributed by atoms with Crippen molar-refractivity contribution in [2.75, 3.05) is 0 Å². The van der Waals surface area contributed by atoms with Crippen LogP contribution in [0.1, 0.15) is 32.3 Å². The second-order valence-electron chi connectivity index (χ2n) is 6.84. The number of ketones is 1. The predicted molar refractivity (Wildman–Crippen MR) is 106 cm³/mol. The van der Waals surface area contributed by atoms with Gasteiger partial charge in [0.05, 0.1) is 6.04 Å². The van der Waals surface area contributed by atoms with E-state index >= 15 is 0 Å². The Kier molecular flexibility index (Phi) is 7.29. The molecule has 2 aromatic rings. The third kappa shape index (κ3) is 6.37. The van der Waals surface area contributed by atoms with Crippen LogP contribution < -0.4 is 11.1 Å². The largest absolute Gasteiger partial charge is 0.370 e. The molecule has 3 N–H and O–H groups in total. The van der Waals surface area contributed by atoms with Gasteiger partial charge in [0.15, 0.2) is 5.78 Å². The van der Waals surface area contributed by atoms with E-state index in [0.717, 1.165) is 16.7 Å². The second-order valence-corrected chi connectivity index (χ2v) is 6.84. The highest BCUT2D eigenvalue weighted by atomic mass is 16.2. The Labute approximate surface area is 160 Å². The van der Waals surface area contributed by atoms with E-state index in [1.54, 1.807) is 0 Å². The zero-order chi connectivity index (χ0) is 19.8. The minimum absolute atomic E-state index is 0.0693. The van der Waals surface area contributed by atoms with Crippen LogP contribution in [0.5, 0.6) is 0 Å². The second kappa shape index (κ2) is 9.67. The standard InChI is InChI=1S/C22H26N2O3/c1-15(22(27)24-20(16(2)25)12-13-21(23)26)14-17-8-10-19(11-9-17)18-6-4-3-5-7-18/h3-11,15,20H,12-14H2,1-2H3,(H2,23,26)(H,24,27)/t15-,20-/m0/s1. The minimum Gasteiger partial charge on any atom is -0.370 e. The summed E-state index contributed by atoms with van der Waals surface area (Å²) < 4.78 is 0. The van der Waals surface area contributed by atoms with Gasteiger partial charge in [-0.15, -0.1) is 0 Å². The minimum atomic E-state index is -0.673. The van der Waals surface area contributed by atoms with Gasteiger partial charge >= 0.3 is 0 Å². The molecule has 142 valence electrons. The molecule has 0 heterocycles. The predicted octanol–water partition coefficient (Wildman–Crippen LogP) is 2.87.